The van der Waals surface area contributed by atoms with Crippen molar-refractivity contribution in [1.29, 1.82) is 0 Å². The van der Waals surface area contributed by atoms with Crippen LogP contribution in [0, 0.1) is 5.82 Å². The third-order valence-corrected chi connectivity index (χ3v) is 2.21. The highest BCUT2D eigenvalue weighted by molar-refractivity contribution is 5.76. The van der Waals surface area contributed by atoms with E-state index in [0.717, 1.165) is 0 Å². The van der Waals surface area contributed by atoms with Crippen LogP contribution in [0.2, 0.25) is 0 Å². The van der Waals surface area contributed by atoms with Gasteiger partial charge in [0.1, 0.15) is 0 Å². The Kier molecular flexibility index (Phi) is 4.90. The van der Waals surface area contributed by atoms with Crippen LogP contribution in [0.1, 0.15) is 18.9 Å². The third kappa shape index (κ3) is 4.40. The van der Waals surface area contributed by atoms with Crippen LogP contribution in [0.3, 0.4) is 0 Å². The summed E-state index contributed by atoms with van der Waals surface area (Å²) in [5.74, 6) is -0.390. The second-order valence-corrected chi connectivity index (χ2v) is 3.93. The molecule has 0 spiro atoms. The maximum absolute atomic E-state index is 13.3. The number of methoxy groups -OCH3 is 1. The average Bonchev–Trinajstić information content (AvgIpc) is 2.25. The fourth-order valence-corrected chi connectivity index (χ4v) is 1.39. The van der Waals surface area contributed by atoms with Crippen molar-refractivity contribution in [2.45, 2.75) is 25.9 Å². The summed E-state index contributed by atoms with van der Waals surface area (Å²) in [5.41, 5.74) is 6.17. The molecule has 1 amide bonds. The first-order chi connectivity index (χ1) is 8.02. The molecule has 0 fully saturated rings. The van der Waals surface area contributed by atoms with Crippen LogP contribution in [0.5, 0.6) is 5.75 Å². The highest BCUT2D eigenvalue weighted by atomic mass is 19.1. The summed E-state index contributed by atoms with van der Waals surface area (Å²) in [6, 6.07) is 4.39. The Bertz CT molecular complexity index is 394. The number of amides is 1. The van der Waals surface area contributed by atoms with Gasteiger partial charge in [-0.1, -0.05) is 6.07 Å². The topological polar surface area (TPSA) is 64.3 Å². The molecule has 0 aliphatic heterocycles. The van der Waals surface area contributed by atoms with Crippen molar-refractivity contribution in [2.75, 3.05) is 7.11 Å². The van der Waals surface area contributed by atoms with E-state index in [-0.39, 0.29) is 30.7 Å². The zero-order valence-corrected chi connectivity index (χ0v) is 10.00. The molecule has 0 saturated heterocycles. The summed E-state index contributed by atoms with van der Waals surface area (Å²) in [6.45, 7) is 2.04. The summed E-state index contributed by atoms with van der Waals surface area (Å²) in [6.07, 6.45) is 0.263. The lowest BCUT2D eigenvalue weighted by Gasteiger charge is -2.08. The van der Waals surface area contributed by atoms with Gasteiger partial charge in [-0.15, -0.1) is 0 Å². The lowest BCUT2D eigenvalue weighted by molar-refractivity contribution is -0.121. The van der Waals surface area contributed by atoms with Crippen molar-refractivity contribution < 1.29 is 13.9 Å². The number of halogens is 1. The monoisotopic (exact) mass is 240 g/mol. The maximum Gasteiger partial charge on any atom is 0.221 e. The molecule has 0 radical (unpaired) electrons. The van der Waals surface area contributed by atoms with Crippen LogP contribution < -0.4 is 15.8 Å². The number of benzene rings is 1. The standard InChI is InChI=1S/C12H17FN2O2/c1-8(14)5-12(16)15-7-9-3-4-11(17-2)10(13)6-9/h3-4,6,8H,5,7,14H2,1-2H3,(H,15,16). The van der Waals surface area contributed by atoms with Crippen LogP contribution in [-0.4, -0.2) is 19.1 Å². The van der Waals surface area contributed by atoms with Gasteiger partial charge in [0.2, 0.25) is 5.91 Å². The predicted molar refractivity (Wildman–Crippen MR) is 63.1 cm³/mol. The minimum Gasteiger partial charge on any atom is -0.494 e. The Hall–Kier alpha value is -1.62. The van der Waals surface area contributed by atoms with E-state index in [1.165, 1.54) is 19.2 Å². The van der Waals surface area contributed by atoms with Gasteiger partial charge in [0, 0.05) is 19.0 Å². The normalized spacial score (nSPS) is 12.0. The Morgan fingerprint density at radius 3 is 2.82 bits per heavy atom. The van der Waals surface area contributed by atoms with Crippen LogP contribution in [0.15, 0.2) is 18.2 Å². The summed E-state index contributed by atoms with van der Waals surface area (Å²) in [4.78, 5) is 11.3. The largest absolute Gasteiger partial charge is 0.494 e. The van der Waals surface area contributed by atoms with Crippen LogP contribution in [0.25, 0.3) is 0 Å². The van der Waals surface area contributed by atoms with E-state index in [1.807, 2.05) is 0 Å². The fraction of sp³-hybridized carbons (Fsp3) is 0.417. The Balaban J connectivity index is 2.52. The van der Waals surface area contributed by atoms with Gasteiger partial charge >= 0.3 is 0 Å². The first kappa shape index (κ1) is 13.4. The highest BCUT2D eigenvalue weighted by Crippen LogP contribution is 2.17. The molecule has 1 aromatic carbocycles. The molecule has 0 aromatic heterocycles. The molecule has 1 atom stereocenters. The molecule has 4 nitrogen and oxygen atoms in total. The molecule has 17 heavy (non-hydrogen) atoms. The summed E-state index contributed by atoms with van der Waals surface area (Å²) in [5, 5.41) is 2.67. The minimum atomic E-state index is -0.438. The lowest BCUT2D eigenvalue weighted by atomic mass is 10.2. The van der Waals surface area contributed by atoms with Crippen LogP contribution in [-0.2, 0) is 11.3 Å². The van der Waals surface area contributed by atoms with E-state index in [1.54, 1.807) is 13.0 Å². The van der Waals surface area contributed by atoms with E-state index in [2.05, 4.69) is 5.32 Å². The SMILES string of the molecule is COc1ccc(CNC(=O)CC(C)N)cc1F. The number of carbonyl (C=O) groups excluding carboxylic acids is 1. The Labute approximate surface area is 100.0 Å². The van der Waals surface area contributed by atoms with Gasteiger partial charge in [-0.25, -0.2) is 4.39 Å². The molecule has 0 bridgehead atoms. The van der Waals surface area contributed by atoms with Crippen molar-refractivity contribution in [3.8, 4) is 5.75 Å². The minimum absolute atomic E-state index is 0.142. The van der Waals surface area contributed by atoms with E-state index >= 15 is 0 Å². The molecule has 0 aliphatic carbocycles. The summed E-state index contributed by atoms with van der Waals surface area (Å²) < 4.78 is 18.1. The van der Waals surface area contributed by atoms with Crippen molar-refractivity contribution in [3.05, 3.63) is 29.6 Å². The second kappa shape index (κ2) is 6.20. The molecule has 0 saturated carbocycles. The number of ether oxygens (including phenoxy) is 1. The molecular formula is C12H17FN2O2. The summed E-state index contributed by atoms with van der Waals surface area (Å²) in [7, 11) is 1.41. The van der Waals surface area contributed by atoms with Gasteiger partial charge in [-0.2, -0.15) is 0 Å². The molecule has 3 N–H and O–H groups in total. The first-order valence-electron chi connectivity index (χ1n) is 5.37. The molecular weight excluding hydrogens is 223 g/mol. The van der Waals surface area contributed by atoms with E-state index in [0.29, 0.717) is 5.56 Å². The van der Waals surface area contributed by atoms with Crippen LogP contribution in [0.4, 0.5) is 4.39 Å². The number of carbonyl (C=O) groups is 1. The van der Waals surface area contributed by atoms with Gasteiger partial charge < -0.3 is 15.8 Å². The molecule has 1 rings (SSSR count). The van der Waals surface area contributed by atoms with E-state index in [4.69, 9.17) is 10.5 Å². The Morgan fingerprint density at radius 2 is 2.29 bits per heavy atom. The highest BCUT2D eigenvalue weighted by Gasteiger charge is 2.06. The van der Waals surface area contributed by atoms with Crippen LogP contribution >= 0.6 is 0 Å². The molecule has 1 unspecified atom stereocenters. The van der Waals surface area contributed by atoms with Crippen molar-refractivity contribution >= 4 is 5.91 Å². The number of nitrogens with two attached hydrogens (primary N) is 1. The molecule has 0 heterocycles. The van der Waals surface area contributed by atoms with Crippen molar-refractivity contribution in [2.24, 2.45) is 5.73 Å². The molecule has 0 aliphatic rings. The second-order valence-electron chi connectivity index (χ2n) is 3.93. The van der Waals surface area contributed by atoms with Gasteiger partial charge in [-0.3, -0.25) is 4.79 Å². The lowest BCUT2D eigenvalue weighted by Crippen LogP contribution is -2.29. The van der Waals surface area contributed by atoms with Gasteiger partial charge in [0.25, 0.3) is 0 Å². The zero-order chi connectivity index (χ0) is 12.8. The maximum atomic E-state index is 13.3. The smallest absolute Gasteiger partial charge is 0.221 e. The van der Waals surface area contributed by atoms with Gasteiger partial charge in [0.15, 0.2) is 11.6 Å². The van der Waals surface area contributed by atoms with Gasteiger partial charge in [0.05, 0.1) is 7.11 Å². The quantitative estimate of drug-likeness (QED) is 0.812. The molecule has 5 heteroatoms. The zero-order valence-electron chi connectivity index (χ0n) is 10.00. The molecule has 94 valence electrons. The number of hydrogen-bond acceptors (Lipinski definition) is 3. The third-order valence-electron chi connectivity index (χ3n) is 2.21. The molecule has 1 aromatic rings. The van der Waals surface area contributed by atoms with Crippen molar-refractivity contribution in [3.63, 3.8) is 0 Å². The fourth-order valence-electron chi connectivity index (χ4n) is 1.39. The van der Waals surface area contributed by atoms with Crippen molar-refractivity contribution in [1.82, 2.24) is 5.32 Å². The number of hydrogen-bond donors (Lipinski definition) is 2. The van der Waals surface area contributed by atoms with Gasteiger partial charge in [-0.05, 0) is 24.6 Å². The number of nitrogens with one attached hydrogen (secondary N) is 1. The number of rotatable bonds is 5. The predicted octanol–water partition coefficient (Wildman–Crippen LogP) is 1.19. The average molecular weight is 240 g/mol. The Morgan fingerprint density at radius 1 is 1.59 bits per heavy atom. The van der Waals surface area contributed by atoms with E-state index in [9.17, 15) is 9.18 Å². The summed E-state index contributed by atoms with van der Waals surface area (Å²) >= 11 is 0. The first-order valence-corrected chi connectivity index (χ1v) is 5.37. The van der Waals surface area contributed by atoms with E-state index < -0.39 is 5.82 Å².